The number of aromatic amines is 1. The molecular formula is C25H19N3S. The molecule has 29 heavy (non-hydrogen) atoms. The van der Waals surface area contributed by atoms with Gasteiger partial charge in [-0.3, -0.25) is 4.98 Å². The zero-order valence-corrected chi connectivity index (χ0v) is 16.8. The third kappa shape index (κ3) is 3.32. The number of imidazole rings is 1. The molecule has 0 radical (unpaired) electrons. The average molecular weight is 394 g/mol. The highest BCUT2D eigenvalue weighted by Gasteiger charge is 2.17. The Morgan fingerprint density at radius 2 is 1.52 bits per heavy atom. The quantitative estimate of drug-likeness (QED) is 0.346. The number of aromatic nitrogens is 3. The van der Waals surface area contributed by atoms with Gasteiger partial charge in [0.2, 0.25) is 0 Å². The normalized spacial score (nSPS) is 11.1. The van der Waals surface area contributed by atoms with Crippen LogP contribution in [0.4, 0.5) is 0 Å². The monoisotopic (exact) mass is 393 g/mol. The Morgan fingerprint density at radius 3 is 2.31 bits per heavy atom. The largest absolute Gasteiger partial charge is 0.337 e. The second kappa shape index (κ2) is 7.57. The van der Waals surface area contributed by atoms with Crippen LogP contribution in [0.1, 0.15) is 0 Å². The van der Waals surface area contributed by atoms with Crippen molar-refractivity contribution in [3.63, 3.8) is 0 Å². The minimum atomic E-state index is 0.868. The van der Waals surface area contributed by atoms with Crippen LogP contribution in [-0.2, 0) is 0 Å². The van der Waals surface area contributed by atoms with Gasteiger partial charge in [0.25, 0.3) is 0 Å². The van der Waals surface area contributed by atoms with E-state index in [1.165, 1.54) is 15.7 Å². The van der Waals surface area contributed by atoms with Gasteiger partial charge in [0, 0.05) is 34.0 Å². The molecule has 5 aromatic rings. The predicted octanol–water partition coefficient (Wildman–Crippen LogP) is 6.68. The van der Waals surface area contributed by atoms with E-state index in [4.69, 9.17) is 4.98 Å². The van der Waals surface area contributed by atoms with Crippen LogP contribution in [0.5, 0.6) is 0 Å². The number of hydrogen-bond acceptors (Lipinski definition) is 3. The van der Waals surface area contributed by atoms with Gasteiger partial charge in [0.05, 0.1) is 11.4 Å². The molecule has 0 saturated heterocycles. The van der Waals surface area contributed by atoms with E-state index in [1.807, 2.05) is 24.5 Å². The number of rotatable bonds is 4. The lowest BCUT2D eigenvalue weighted by Gasteiger charge is -2.07. The molecule has 0 aliphatic heterocycles. The van der Waals surface area contributed by atoms with Crippen LogP contribution in [0.15, 0.2) is 96.2 Å². The van der Waals surface area contributed by atoms with Crippen molar-refractivity contribution in [1.29, 1.82) is 0 Å². The third-order valence-corrected chi connectivity index (χ3v) is 5.82. The molecule has 3 aromatic carbocycles. The van der Waals surface area contributed by atoms with Crippen LogP contribution >= 0.6 is 11.8 Å². The molecule has 5 rings (SSSR count). The minimum Gasteiger partial charge on any atom is -0.337 e. The predicted molar refractivity (Wildman–Crippen MR) is 122 cm³/mol. The van der Waals surface area contributed by atoms with Crippen LogP contribution in [-0.4, -0.2) is 21.2 Å². The third-order valence-electron chi connectivity index (χ3n) is 5.08. The van der Waals surface area contributed by atoms with E-state index in [9.17, 15) is 0 Å². The SMILES string of the molecule is CSc1ccc(-c2nc(-c3cccc4ccccc34)c(-c3ccncc3)[nH]2)cc1. The molecule has 0 aliphatic carbocycles. The number of fused-ring (bicyclic) bond motifs is 1. The van der Waals surface area contributed by atoms with Gasteiger partial charge in [-0.2, -0.15) is 0 Å². The van der Waals surface area contributed by atoms with Crippen LogP contribution in [0.2, 0.25) is 0 Å². The van der Waals surface area contributed by atoms with E-state index in [1.54, 1.807) is 11.8 Å². The Morgan fingerprint density at radius 1 is 0.759 bits per heavy atom. The molecule has 2 aromatic heterocycles. The van der Waals surface area contributed by atoms with Crippen molar-refractivity contribution >= 4 is 22.5 Å². The fourth-order valence-electron chi connectivity index (χ4n) is 3.61. The molecule has 140 valence electrons. The first-order valence-electron chi connectivity index (χ1n) is 9.46. The first-order chi connectivity index (χ1) is 14.3. The molecule has 0 saturated carbocycles. The smallest absolute Gasteiger partial charge is 0.138 e. The van der Waals surface area contributed by atoms with E-state index < -0.39 is 0 Å². The Balaban J connectivity index is 1.74. The van der Waals surface area contributed by atoms with Gasteiger partial charge in [0.1, 0.15) is 5.82 Å². The van der Waals surface area contributed by atoms with Crippen molar-refractivity contribution in [1.82, 2.24) is 15.0 Å². The van der Waals surface area contributed by atoms with Gasteiger partial charge < -0.3 is 4.98 Å². The molecule has 0 spiro atoms. The summed E-state index contributed by atoms with van der Waals surface area (Å²) in [6.07, 6.45) is 5.72. The van der Waals surface area contributed by atoms with Crippen LogP contribution < -0.4 is 0 Å². The first kappa shape index (κ1) is 17.7. The van der Waals surface area contributed by atoms with Gasteiger partial charge in [-0.05, 0) is 41.3 Å². The number of hydrogen-bond donors (Lipinski definition) is 1. The van der Waals surface area contributed by atoms with E-state index in [0.717, 1.165) is 33.9 Å². The van der Waals surface area contributed by atoms with Gasteiger partial charge >= 0.3 is 0 Å². The summed E-state index contributed by atoms with van der Waals surface area (Å²) in [6.45, 7) is 0. The lowest BCUT2D eigenvalue weighted by molar-refractivity contribution is 1.29. The lowest BCUT2D eigenvalue weighted by atomic mass is 9.99. The Kier molecular flexibility index (Phi) is 4.62. The van der Waals surface area contributed by atoms with Gasteiger partial charge in [-0.1, -0.05) is 54.6 Å². The van der Waals surface area contributed by atoms with E-state index in [0.29, 0.717) is 0 Å². The van der Waals surface area contributed by atoms with E-state index >= 15 is 0 Å². The first-order valence-corrected chi connectivity index (χ1v) is 10.7. The summed E-state index contributed by atoms with van der Waals surface area (Å²) in [6, 6.07) is 27.3. The van der Waals surface area contributed by atoms with Crippen LogP contribution in [0, 0.1) is 0 Å². The molecule has 2 heterocycles. The van der Waals surface area contributed by atoms with Crippen molar-refractivity contribution in [3.05, 3.63) is 91.3 Å². The van der Waals surface area contributed by atoms with Crippen molar-refractivity contribution < 1.29 is 0 Å². The summed E-state index contributed by atoms with van der Waals surface area (Å²) >= 11 is 1.74. The Hall–Kier alpha value is -3.37. The van der Waals surface area contributed by atoms with Crippen molar-refractivity contribution in [2.45, 2.75) is 4.90 Å². The van der Waals surface area contributed by atoms with Crippen molar-refractivity contribution in [2.75, 3.05) is 6.26 Å². The minimum absolute atomic E-state index is 0.868. The summed E-state index contributed by atoms with van der Waals surface area (Å²) in [7, 11) is 0. The molecule has 0 aliphatic rings. The zero-order chi connectivity index (χ0) is 19.6. The summed E-state index contributed by atoms with van der Waals surface area (Å²) in [5, 5.41) is 2.40. The van der Waals surface area contributed by atoms with E-state index in [-0.39, 0.29) is 0 Å². The molecule has 0 bridgehead atoms. The summed E-state index contributed by atoms with van der Waals surface area (Å²) in [5.74, 6) is 0.868. The Bertz CT molecular complexity index is 1270. The maximum absolute atomic E-state index is 5.05. The maximum atomic E-state index is 5.05. The van der Waals surface area contributed by atoms with Crippen LogP contribution in [0.3, 0.4) is 0 Å². The van der Waals surface area contributed by atoms with Gasteiger partial charge in [-0.15, -0.1) is 11.8 Å². The molecule has 0 atom stereocenters. The second-order valence-corrected chi connectivity index (χ2v) is 7.68. The summed E-state index contributed by atoms with van der Waals surface area (Å²) < 4.78 is 0. The van der Waals surface area contributed by atoms with Crippen molar-refractivity contribution in [2.24, 2.45) is 0 Å². The molecule has 4 heteroatoms. The summed E-state index contributed by atoms with van der Waals surface area (Å²) in [5.41, 5.74) is 5.23. The highest BCUT2D eigenvalue weighted by Crippen LogP contribution is 2.36. The molecule has 0 amide bonds. The van der Waals surface area contributed by atoms with Gasteiger partial charge in [-0.25, -0.2) is 4.98 Å². The standard InChI is InChI=1S/C25H19N3S/c1-29-20-11-9-19(10-12-20)25-27-23(18-13-15-26-16-14-18)24(28-25)22-8-4-6-17-5-2-3-7-21(17)22/h2-16H,1H3,(H,27,28). The highest BCUT2D eigenvalue weighted by molar-refractivity contribution is 7.98. The maximum Gasteiger partial charge on any atom is 0.138 e. The molecule has 3 nitrogen and oxygen atoms in total. The zero-order valence-electron chi connectivity index (χ0n) is 16.0. The molecular weight excluding hydrogens is 374 g/mol. The molecule has 0 fully saturated rings. The number of nitrogens with zero attached hydrogens (tertiary/aromatic N) is 2. The topological polar surface area (TPSA) is 41.6 Å². The highest BCUT2D eigenvalue weighted by atomic mass is 32.2. The fourth-order valence-corrected chi connectivity index (χ4v) is 4.02. The Labute approximate surface area is 173 Å². The fraction of sp³-hybridized carbons (Fsp3) is 0.0400. The lowest BCUT2D eigenvalue weighted by Crippen LogP contribution is -1.86. The van der Waals surface area contributed by atoms with E-state index in [2.05, 4.69) is 83.0 Å². The summed E-state index contributed by atoms with van der Waals surface area (Å²) in [4.78, 5) is 14.0. The molecule has 1 N–H and O–H groups in total. The number of benzene rings is 3. The van der Waals surface area contributed by atoms with Crippen LogP contribution in [0.25, 0.3) is 44.7 Å². The number of H-pyrrole nitrogens is 1. The number of pyridine rings is 1. The average Bonchev–Trinajstić information content (AvgIpc) is 3.24. The van der Waals surface area contributed by atoms with Crippen molar-refractivity contribution in [3.8, 4) is 33.9 Å². The number of thioether (sulfide) groups is 1. The second-order valence-electron chi connectivity index (χ2n) is 6.80. The van der Waals surface area contributed by atoms with Gasteiger partial charge in [0.15, 0.2) is 0 Å². The number of nitrogens with one attached hydrogen (secondary N) is 1. The molecule has 0 unspecified atom stereocenters.